The number of rotatable bonds is 5. The van der Waals surface area contributed by atoms with Crippen LogP contribution in [0.3, 0.4) is 0 Å². The van der Waals surface area contributed by atoms with Gasteiger partial charge in [-0.2, -0.15) is 5.10 Å². The summed E-state index contributed by atoms with van der Waals surface area (Å²) >= 11 is 0. The van der Waals surface area contributed by atoms with Crippen molar-refractivity contribution >= 4 is 11.7 Å². The number of aromatic nitrogens is 2. The molecule has 134 valence electrons. The highest BCUT2D eigenvalue weighted by Gasteiger charge is 2.26. The van der Waals surface area contributed by atoms with E-state index < -0.39 is 0 Å². The standard InChI is InChI=1S/C18H25N5O2/c1-13-9-17(22(2)21-13)20-18(24)12-23-8-7-19-11-16(23)14-5-4-6-15(10-14)25-3/h4-6,9-10,16,19H,7-8,11-12H2,1-3H3,(H,20,24). The van der Waals surface area contributed by atoms with Crippen molar-refractivity contribution in [2.24, 2.45) is 7.05 Å². The first kappa shape index (κ1) is 17.4. The summed E-state index contributed by atoms with van der Waals surface area (Å²) in [5.41, 5.74) is 2.03. The fourth-order valence-electron chi connectivity index (χ4n) is 3.21. The Balaban J connectivity index is 1.70. The van der Waals surface area contributed by atoms with Crippen LogP contribution < -0.4 is 15.4 Å². The van der Waals surface area contributed by atoms with E-state index in [0.29, 0.717) is 6.54 Å². The number of piperazine rings is 1. The number of hydrogen-bond donors (Lipinski definition) is 2. The van der Waals surface area contributed by atoms with Crippen LogP contribution in [0.25, 0.3) is 0 Å². The molecule has 7 nitrogen and oxygen atoms in total. The van der Waals surface area contributed by atoms with Crippen molar-refractivity contribution < 1.29 is 9.53 Å². The van der Waals surface area contributed by atoms with Gasteiger partial charge >= 0.3 is 0 Å². The molecule has 0 radical (unpaired) electrons. The Kier molecular flexibility index (Phi) is 5.35. The van der Waals surface area contributed by atoms with E-state index in [1.807, 2.05) is 38.2 Å². The molecule has 7 heteroatoms. The molecule has 1 atom stereocenters. The first-order chi connectivity index (χ1) is 12.1. The molecule has 1 aliphatic rings. The summed E-state index contributed by atoms with van der Waals surface area (Å²) in [6.45, 7) is 4.75. The second kappa shape index (κ2) is 7.67. The third-order valence-corrected chi connectivity index (χ3v) is 4.45. The maximum absolute atomic E-state index is 12.5. The quantitative estimate of drug-likeness (QED) is 0.857. The minimum absolute atomic E-state index is 0.0298. The van der Waals surface area contributed by atoms with E-state index in [0.717, 1.165) is 42.5 Å². The van der Waals surface area contributed by atoms with Gasteiger partial charge in [0.1, 0.15) is 11.6 Å². The van der Waals surface area contributed by atoms with Crippen LogP contribution in [0.15, 0.2) is 30.3 Å². The second-order valence-corrected chi connectivity index (χ2v) is 6.31. The Morgan fingerprint density at radius 2 is 2.28 bits per heavy atom. The van der Waals surface area contributed by atoms with Gasteiger partial charge in [0.25, 0.3) is 0 Å². The van der Waals surface area contributed by atoms with Crippen molar-refractivity contribution in [2.75, 3.05) is 38.6 Å². The van der Waals surface area contributed by atoms with E-state index in [1.54, 1.807) is 11.8 Å². The highest BCUT2D eigenvalue weighted by Crippen LogP contribution is 2.25. The zero-order valence-corrected chi connectivity index (χ0v) is 15.0. The number of ether oxygens (including phenoxy) is 1. The molecule has 25 heavy (non-hydrogen) atoms. The predicted molar refractivity (Wildman–Crippen MR) is 96.8 cm³/mol. The van der Waals surface area contributed by atoms with Gasteiger partial charge in [-0.25, -0.2) is 0 Å². The molecule has 3 rings (SSSR count). The molecule has 1 aromatic carbocycles. The number of nitrogens with zero attached hydrogens (tertiary/aromatic N) is 3. The molecule has 1 fully saturated rings. The molecule has 1 unspecified atom stereocenters. The molecule has 1 aliphatic heterocycles. The van der Waals surface area contributed by atoms with Gasteiger partial charge in [-0.15, -0.1) is 0 Å². The van der Waals surface area contributed by atoms with E-state index >= 15 is 0 Å². The van der Waals surface area contributed by atoms with E-state index in [2.05, 4.69) is 26.7 Å². The molecular formula is C18H25N5O2. The Bertz CT molecular complexity index is 743. The molecule has 1 aromatic heterocycles. The highest BCUT2D eigenvalue weighted by molar-refractivity contribution is 5.91. The predicted octanol–water partition coefficient (Wildman–Crippen LogP) is 1.32. The van der Waals surface area contributed by atoms with Crippen molar-refractivity contribution in [2.45, 2.75) is 13.0 Å². The van der Waals surface area contributed by atoms with Gasteiger partial charge in [0, 0.05) is 38.8 Å². The molecule has 2 aromatic rings. The topological polar surface area (TPSA) is 71.4 Å². The lowest BCUT2D eigenvalue weighted by atomic mass is 10.0. The number of aryl methyl sites for hydroxylation is 2. The van der Waals surface area contributed by atoms with E-state index in [4.69, 9.17) is 4.74 Å². The average Bonchev–Trinajstić information content (AvgIpc) is 2.92. The van der Waals surface area contributed by atoms with Crippen LogP contribution in [0.2, 0.25) is 0 Å². The van der Waals surface area contributed by atoms with Crippen molar-refractivity contribution in [3.05, 3.63) is 41.6 Å². The third-order valence-electron chi connectivity index (χ3n) is 4.45. The maximum atomic E-state index is 12.5. The Labute approximate surface area is 148 Å². The number of carbonyl (C=O) groups is 1. The molecule has 2 heterocycles. The number of benzene rings is 1. The number of hydrogen-bond acceptors (Lipinski definition) is 5. The molecule has 0 saturated carbocycles. The minimum Gasteiger partial charge on any atom is -0.497 e. The average molecular weight is 343 g/mol. The molecule has 1 amide bonds. The lowest BCUT2D eigenvalue weighted by Gasteiger charge is -2.36. The van der Waals surface area contributed by atoms with Crippen LogP contribution in [0.1, 0.15) is 17.3 Å². The smallest absolute Gasteiger partial charge is 0.239 e. The number of anilines is 1. The minimum atomic E-state index is -0.0298. The summed E-state index contributed by atoms with van der Waals surface area (Å²) in [7, 11) is 3.49. The van der Waals surface area contributed by atoms with Gasteiger partial charge in [-0.05, 0) is 24.6 Å². The molecule has 2 N–H and O–H groups in total. The second-order valence-electron chi connectivity index (χ2n) is 6.31. The van der Waals surface area contributed by atoms with Gasteiger partial charge in [0.2, 0.25) is 5.91 Å². The monoisotopic (exact) mass is 343 g/mol. The fourth-order valence-corrected chi connectivity index (χ4v) is 3.21. The summed E-state index contributed by atoms with van der Waals surface area (Å²) < 4.78 is 7.01. The number of nitrogens with one attached hydrogen (secondary N) is 2. The fraction of sp³-hybridized carbons (Fsp3) is 0.444. The number of methoxy groups -OCH3 is 1. The van der Waals surface area contributed by atoms with Crippen LogP contribution in [0, 0.1) is 6.92 Å². The maximum Gasteiger partial charge on any atom is 0.239 e. The first-order valence-corrected chi connectivity index (χ1v) is 8.46. The van der Waals surface area contributed by atoms with Gasteiger partial charge < -0.3 is 15.4 Å². The third kappa shape index (κ3) is 4.18. The van der Waals surface area contributed by atoms with Gasteiger partial charge in [-0.3, -0.25) is 14.4 Å². The first-order valence-electron chi connectivity index (χ1n) is 8.46. The van der Waals surface area contributed by atoms with Gasteiger partial charge in [0.05, 0.1) is 19.3 Å². The summed E-state index contributed by atoms with van der Waals surface area (Å²) in [4.78, 5) is 14.7. The Hall–Kier alpha value is -2.38. The van der Waals surface area contributed by atoms with Crippen LogP contribution >= 0.6 is 0 Å². The molecule has 0 aliphatic carbocycles. The lowest BCUT2D eigenvalue weighted by molar-refractivity contribution is -0.118. The highest BCUT2D eigenvalue weighted by atomic mass is 16.5. The van der Waals surface area contributed by atoms with Crippen molar-refractivity contribution in [1.29, 1.82) is 0 Å². The van der Waals surface area contributed by atoms with Crippen LogP contribution in [0.5, 0.6) is 5.75 Å². The van der Waals surface area contributed by atoms with Crippen LogP contribution in [-0.4, -0.2) is 53.9 Å². The Morgan fingerprint density at radius 1 is 1.44 bits per heavy atom. The van der Waals surface area contributed by atoms with E-state index in [9.17, 15) is 4.79 Å². The van der Waals surface area contributed by atoms with E-state index in [-0.39, 0.29) is 11.9 Å². The van der Waals surface area contributed by atoms with Crippen molar-refractivity contribution in [1.82, 2.24) is 20.0 Å². The van der Waals surface area contributed by atoms with Crippen molar-refractivity contribution in [3.63, 3.8) is 0 Å². The van der Waals surface area contributed by atoms with Gasteiger partial charge in [0.15, 0.2) is 0 Å². The van der Waals surface area contributed by atoms with E-state index in [1.165, 1.54) is 0 Å². The molecule has 1 saturated heterocycles. The van der Waals surface area contributed by atoms with Crippen molar-refractivity contribution in [3.8, 4) is 5.75 Å². The number of carbonyl (C=O) groups excluding carboxylic acids is 1. The largest absolute Gasteiger partial charge is 0.497 e. The summed E-state index contributed by atoms with van der Waals surface area (Å²) in [5.74, 6) is 1.52. The summed E-state index contributed by atoms with van der Waals surface area (Å²) in [6, 6.07) is 10.0. The summed E-state index contributed by atoms with van der Waals surface area (Å²) in [5, 5.41) is 10.6. The zero-order valence-electron chi connectivity index (χ0n) is 15.0. The molecular weight excluding hydrogens is 318 g/mol. The molecule has 0 bridgehead atoms. The van der Waals surface area contributed by atoms with Gasteiger partial charge in [-0.1, -0.05) is 12.1 Å². The lowest BCUT2D eigenvalue weighted by Crippen LogP contribution is -2.48. The van der Waals surface area contributed by atoms with Crippen LogP contribution in [-0.2, 0) is 11.8 Å². The zero-order chi connectivity index (χ0) is 17.8. The van der Waals surface area contributed by atoms with Crippen LogP contribution in [0.4, 0.5) is 5.82 Å². The SMILES string of the molecule is COc1cccc(C2CNCCN2CC(=O)Nc2cc(C)nn2C)c1. The number of amides is 1. The molecule has 0 spiro atoms. The summed E-state index contributed by atoms with van der Waals surface area (Å²) in [6.07, 6.45) is 0. The normalized spacial score (nSPS) is 18.1. The Morgan fingerprint density at radius 3 is 3.00 bits per heavy atom.